The highest BCUT2D eigenvalue weighted by atomic mass is 32.1. The molecule has 30 heavy (non-hydrogen) atoms. The molecule has 0 amide bonds. The number of fused-ring (bicyclic) bond motifs is 1. The summed E-state index contributed by atoms with van der Waals surface area (Å²) in [5.41, 5.74) is 2.54. The number of hydrogen-bond acceptors (Lipinski definition) is 5. The molecular formula is C25H24N2O2S. The Morgan fingerprint density at radius 1 is 0.900 bits per heavy atom. The van der Waals surface area contributed by atoms with Crippen LogP contribution in [0.5, 0.6) is 10.9 Å². The van der Waals surface area contributed by atoms with Crippen molar-refractivity contribution in [1.29, 1.82) is 0 Å². The van der Waals surface area contributed by atoms with E-state index in [9.17, 15) is 5.11 Å². The summed E-state index contributed by atoms with van der Waals surface area (Å²) in [6.45, 7) is 2.65. The smallest absolute Gasteiger partial charge is 0.279 e. The van der Waals surface area contributed by atoms with E-state index in [0.29, 0.717) is 5.19 Å². The molecule has 0 atom stereocenters. The Labute approximate surface area is 180 Å². The molecule has 1 aliphatic rings. The molecule has 0 radical (unpaired) electrons. The maximum atomic E-state index is 11.0. The molecule has 5 rings (SSSR count). The Morgan fingerprint density at radius 3 is 2.33 bits per heavy atom. The van der Waals surface area contributed by atoms with Crippen LogP contribution in [-0.2, 0) is 12.1 Å². The number of piperidine rings is 1. The molecule has 1 aliphatic heterocycles. The van der Waals surface area contributed by atoms with Crippen molar-refractivity contribution in [2.75, 3.05) is 13.1 Å². The summed E-state index contributed by atoms with van der Waals surface area (Å²) in [6.07, 6.45) is 1.52. The summed E-state index contributed by atoms with van der Waals surface area (Å²) in [7, 11) is 0. The first-order chi connectivity index (χ1) is 14.7. The van der Waals surface area contributed by atoms with Crippen LogP contribution in [0.4, 0.5) is 0 Å². The van der Waals surface area contributed by atoms with Gasteiger partial charge in [0, 0.05) is 19.6 Å². The zero-order valence-electron chi connectivity index (χ0n) is 16.7. The molecule has 0 spiro atoms. The molecule has 1 aromatic heterocycles. The molecule has 0 aliphatic carbocycles. The van der Waals surface area contributed by atoms with Crippen LogP contribution in [0.25, 0.3) is 10.2 Å². The first kappa shape index (κ1) is 19.2. The van der Waals surface area contributed by atoms with Crippen molar-refractivity contribution in [2.45, 2.75) is 25.0 Å². The minimum atomic E-state index is -0.702. The van der Waals surface area contributed by atoms with Crippen LogP contribution >= 0.6 is 11.3 Å². The predicted molar refractivity (Wildman–Crippen MR) is 121 cm³/mol. The Bertz CT molecular complexity index is 1080. The van der Waals surface area contributed by atoms with Gasteiger partial charge < -0.3 is 9.84 Å². The standard InChI is InChI=1S/C25H24N2O2S/c28-25(20-6-2-1-3-7-20)14-16-27(17-15-25)18-19-10-12-21(13-11-19)29-24-26-22-8-4-5-9-23(22)30-24/h1-13,28H,14-18H2. The third kappa shape index (κ3) is 4.10. The average Bonchev–Trinajstić information content (AvgIpc) is 3.20. The molecule has 1 saturated heterocycles. The van der Waals surface area contributed by atoms with Crippen molar-refractivity contribution in [3.63, 3.8) is 0 Å². The zero-order valence-corrected chi connectivity index (χ0v) is 17.5. The zero-order chi connectivity index (χ0) is 20.4. The molecule has 0 saturated carbocycles. The number of para-hydroxylation sites is 1. The Morgan fingerprint density at radius 2 is 1.60 bits per heavy atom. The number of hydrogen-bond donors (Lipinski definition) is 1. The molecule has 152 valence electrons. The lowest BCUT2D eigenvalue weighted by atomic mass is 9.84. The van der Waals surface area contributed by atoms with E-state index in [2.05, 4.69) is 28.1 Å². The monoisotopic (exact) mass is 416 g/mol. The first-order valence-electron chi connectivity index (χ1n) is 10.3. The van der Waals surface area contributed by atoms with Gasteiger partial charge in [0.1, 0.15) is 5.75 Å². The third-order valence-corrected chi connectivity index (χ3v) is 6.72. The number of nitrogens with zero attached hydrogens (tertiary/aromatic N) is 2. The highest BCUT2D eigenvalue weighted by molar-refractivity contribution is 7.20. The quantitative estimate of drug-likeness (QED) is 0.462. The summed E-state index contributed by atoms with van der Waals surface area (Å²) in [4.78, 5) is 6.93. The van der Waals surface area contributed by atoms with E-state index in [4.69, 9.17) is 4.74 Å². The summed E-state index contributed by atoms with van der Waals surface area (Å²) in [6, 6.07) is 26.3. The minimum Gasteiger partial charge on any atom is -0.431 e. The largest absolute Gasteiger partial charge is 0.431 e. The minimum absolute atomic E-state index is 0.667. The first-order valence-corrected chi connectivity index (χ1v) is 11.1. The number of likely N-dealkylation sites (tertiary alicyclic amines) is 1. The number of thiazole rings is 1. The van der Waals surface area contributed by atoms with Gasteiger partial charge in [0.15, 0.2) is 0 Å². The molecular weight excluding hydrogens is 392 g/mol. The van der Waals surface area contributed by atoms with Gasteiger partial charge in [-0.25, -0.2) is 4.98 Å². The van der Waals surface area contributed by atoms with E-state index in [0.717, 1.165) is 54.0 Å². The second kappa shape index (κ2) is 8.19. The molecule has 1 N–H and O–H groups in total. The van der Waals surface area contributed by atoms with Gasteiger partial charge in [-0.15, -0.1) is 0 Å². The normalized spacial score (nSPS) is 16.6. The van der Waals surface area contributed by atoms with Crippen LogP contribution in [0.2, 0.25) is 0 Å². The predicted octanol–water partition coefficient (Wildman–Crippen LogP) is 5.57. The Balaban J connectivity index is 1.18. The Hall–Kier alpha value is -2.73. The lowest BCUT2D eigenvalue weighted by Crippen LogP contribution is -2.42. The van der Waals surface area contributed by atoms with Gasteiger partial charge in [-0.3, -0.25) is 4.90 Å². The summed E-state index contributed by atoms with van der Waals surface area (Å²) >= 11 is 1.56. The lowest BCUT2D eigenvalue weighted by molar-refractivity contribution is -0.0277. The van der Waals surface area contributed by atoms with Crippen molar-refractivity contribution in [3.05, 3.63) is 90.0 Å². The van der Waals surface area contributed by atoms with E-state index < -0.39 is 5.60 Å². The third-order valence-electron chi connectivity index (χ3n) is 5.80. The second-order valence-corrected chi connectivity index (χ2v) is 8.86. The van der Waals surface area contributed by atoms with Crippen LogP contribution < -0.4 is 4.74 Å². The van der Waals surface area contributed by atoms with Crippen molar-refractivity contribution in [2.24, 2.45) is 0 Å². The Kier molecular flexibility index (Phi) is 5.25. The number of aromatic nitrogens is 1. The summed E-state index contributed by atoms with van der Waals surface area (Å²) in [5, 5.41) is 11.7. The van der Waals surface area contributed by atoms with Crippen LogP contribution in [0.1, 0.15) is 24.0 Å². The molecule has 4 nitrogen and oxygen atoms in total. The van der Waals surface area contributed by atoms with Crippen LogP contribution in [0, 0.1) is 0 Å². The van der Waals surface area contributed by atoms with Crippen molar-refractivity contribution in [3.8, 4) is 10.9 Å². The van der Waals surface area contributed by atoms with E-state index in [1.165, 1.54) is 5.56 Å². The topological polar surface area (TPSA) is 45.6 Å². The summed E-state index contributed by atoms with van der Waals surface area (Å²) < 4.78 is 7.07. The summed E-state index contributed by atoms with van der Waals surface area (Å²) in [5.74, 6) is 0.801. The molecule has 0 unspecified atom stereocenters. The highest BCUT2D eigenvalue weighted by Crippen LogP contribution is 2.34. The lowest BCUT2D eigenvalue weighted by Gasteiger charge is -2.38. The van der Waals surface area contributed by atoms with E-state index >= 15 is 0 Å². The highest BCUT2D eigenvalue weighted by Gasteiger charge is 2.33. The number of aliphatic hydroxyl groups is 1. The van der Waals surface area contributed by atoms with E-state index in [1.54, 1.807) is 11.3 Å². The maximum Gasteiger partial charge on any atom is 0.279 e. The van der Waals surface area contributed by atoms with E-state index in [1.807, 2.05) is 60.7 Å². The second-order valence-electron chi connectivity index (χ2n) is 7.87. The van der Waals surface area contributed by atoms with Crippen molar-refractivity contribution >= 4 is 21.6 Å². The molecule has 0 bridgehead atoms. The van der Waals surface area contributed by atoms with Gasteiger partial charge in [-0.05, 0) is 48.2 Å². The van der Waals surface area contributed by atoms with Crippen molar-refractivity contribution < 1.29 is 9.84 Å². The van der Waals surface area contributed by atoms with Gasteiger partial charge in [0.25, 0.3) is 5.19 Å². The number of rotatable bonds is 5. The fourth-order valence-corrected chi connectivity index (χ4v) is 4.87. The molecule has 3 aromatic carbocycles. The van der Waals surface area contributed by atoms with Crippen LogP contribution in [-0.4, -0.2) is 28.1 Å². The maximum absolute atomic E-state index is 11.0. The molecule has 5 heteroatoms. The number of benzene rings is 3. The average molecular weight is 417 g/mol. The van der Waals surface area contributed by atoms with Gasteiger partial charge in [0.05, 0.1) is 15.8 Å². The van der Waals surface area contributed by atoms with Gasteiger partial charge in [0.2, 0.25) is 0 Å². The molecule has 2 heterocycles. The fourth-order valence-electron chi connectivity index (χ4n) is 4.03. The van der Waals surface area contributed by atoms with Crippen molar-refractivity contribution in [1.82, 2.24) is 9.88 Å². The van der Waals surface area contributed by atoms with Gasteiger partial charge >= 0.3 is 0 Å². The van der Waals surface area contributed by atoms with E-state index in [-0.39, 0.29) is 0 Å². The number of ether oxygens (including phenoxy) is 1. The van der Waals surface area contributed by atoms with Crippen LogP contribution in [0.3, 0.4) is 0 Å². The van der Waals surface area contributed by atoms with Crippen LogP contribution in [0.15, 0.2) is 78.9 Å². The molecule has 1 fully saturated rings. The van der Waals surface area contributed by atoms with Gasteiger partial charge in [-0.1, -0.05) is 65.9 Å². The van der Waals surface area contributed by atoms with Gasteiger partial charge in [-0.2, -0.15) is 0 Å². The SMILES string of the molecule is OC1(c2ccccc2)CCN(Cc2ccc(Oc3nc4ccccc4s3)cc2)CC1. The fraction of sp³-hybridized carbons (Fsp3) is 0.240. The molecule has 4 aromatic rings.